The van der Waals surface area contributed by atoms with Crippen LogP contribution in [0, 0.1) is 0 Å². The van der Waals surface area contributed by atoms with Crippen LogP contribution in [-0.2, 0) is 0 Å². The summed E-state index contributed by atoms with van der Waals surface area (Å²) in [7, 11) is 0. The number of rotatable bonds is 4. The van der Waals surface area contributed by atoms with Gasteiger partial charge >= 0.3 is 0 Å². The number of carbonyl (C=O) groups is 1. The van der Waals surface area contributed by atoms with E-state index in [1.54, 1.807) is 11.3 Å². The first-order chi connectivity index (χ1) is 14.6. The fraction of sp³-hybridized carbons (Fsp3) is 0.522. The van der Waals surface area contributed by atoms with Crippen molar-refractivity contribution in [2.75, 3.05) is 31.1 Å². The lowest BCUT2D eigenvalue weighted by molar-refractivity contribution is 0.0712. The number of hydrogen-bond acceptors (Lipinski definition) is 5. The molecule has 3 aromatic rings. The van der Waals surface area contributed by atoms with Gasteiger partial charge in [-0.1, -0.05) is 0 Å². The Labute approximate surface area is 181 Å². The van der Waals surface area contributed by atoms with Crippen molar-refractivity contribution in [3.05, 3.63) is 40.5 Å². The summed E-state index contributed by atoms with van der Waals surface area (Å²) in [4.78, 5) is 27.0. The summed E-state index contributed by atoms with van der Waals surface area (Å²) >= 11 is 1.58. The van der Waals surface area contributed by atoms with Gasteiger partial charge in [-0.05, 0) is 57.0 Å². The smallest absolute Gasteiger partial charge is 0.254 e. The fourth-order valence-electron chi connectivity index (χ4n) is 4.75. The zero-order valence-corrected chi connectivity index (χ0v) is 18.6. The highest BCUT2D eigenvalue weighted by Gasteiger charge is 2.28. The molecule has 0 unspecified atom stereocenters. The predicted octanol–water partition coefficient (Wildman–Crippen LogP) is 4.69. The van der Waals surface area contributed by atoms with Crippen LogP contribution in [0.4, 0.5) is 5.82 Å². The Morgan fingerprint density at radius 3 is 2.60 bits per heavy atom. The van der Waals surface area contributed by atoms with E-state index in [4.69, 9.17) is 9.97 Å². The van der Waals surface area contributed by atoms with Gasteiger partial charge < -0.3 is 14.4 Å². The van der Waals surface area contributed by atoms with E-state index in [1.165, 1.54) is 18.4 Å². The lowest BCUT2D eigenvalue weighted by Crippen LogP contribution is -2.38. The molecule has 2 fully saturated rings. The number of amides is 1. The van der Waals surface area contributed by atoms with Gasteiger partial charge in [0.1, 0.15) is 5.52 Å². The van der Waals surface area contributed by atoms with Crippen molar-refractivity contribution in [1.29, 1.82) is 0 Å². The number of nitrogens with zero attached hydrogens (tertiary/aromatic N) is 5. The molecular formula is C23H29N5OS. The van der Waals surface area contributed by atoms with E-state index in [9.17, 15) is 4.79 Å². The monoisotopic (exact) mass is 423 g/mol. The summed E-state index contributed by atoms with van der Waals surface area (Å²) in [5, 5.41) is 3.91. The third-order valence-corrected chi connectivity index (χ3v) is 7.18. The molecular weight excluding hydrogens is 394 g/mol. The molecule has 5 heterocycles. The molecule has 0 aliphatic carbocycles. The van der Waals surface area contributed by atoms with Crippen molar-refractivity contribution in [3.63, 3.8) is 0 Å². The zero-order valence-electron chi connectivity index (χ0n) is 17.8. The van der Waals surface area contributed by atoms with E-state index in [0.717, 1.165) is 61.6 Å². The van der Waals surface area contributed by atoms with E-state index in [-0.39, 0.29) is 5.91 Å². The van der Waals surface area contributed by atoms with Crippen LogP contribution in [0.3, 0.4) is 0 Å². The number of likely N-dealkylation sites (tertiary alicyclic amines) is 1. The number of carbonyl (C=O) groups excluding carboxylic acids is 1. The molecule has 2 aliphatic rings. The number of thiophene rings is 1. The minimum Gasteiger partial charge on any atom is -0.355 e. The van der Waals surface area contributed by atoms with Gasteiger partial charge in [-0.2, -0.15) is 11.3 Å². The van der Waals surface area contributed by atoms with Gasteiger partial charge in [-0.15, -0.1) is 0 Å². The SMILES string of the molecule is CC(C)n1cnc2c(N3CCCC3)nc(C3CCN(C(=O)c4ccsc4)CC3)cc21. The van der Waals surface area contributed by atoms with Gasteiger partial charge in [0.15, 0.2) is 5.82 Å². The van der Waals surface area contributed by atoms with Crippen LogP contribution in [0.2, 0.25) is 0 Å². The highest BCUT2D eigenvalue weighted by Crippen LogP contribution is 2.34. The van der Waals surface area contributed by atoms with E-state index >= 15 is 0 Å². The van der Waals surface area contributed by atoms with E-state index < -0.39 is 0 Å². The topological polar surface area (TPSA) is 54.3 Å². The van der Waals surface area contributed by atoms with Gasteiger partial charge in [-0.25, -0.2) is 9.97 Å². The maximum atomic E-state index is 12.7. The zero-order chi connectivity index (χ0) is 20.7. The van der Waals surface area contributed by atoms with Crippen molar-refractivity contribution in [2.45, 2.75) is 51.5 Å². The first kappa shape index (κ1) is 19.5. The molecule has 2 saturated heterocycles. The Morgan fingerprint density at radius 1 is 1.17 bits per heavy atom. The second kappa shape index (κ2) is 8.02. The molecule has 0 N–H and O–H groups in total. The summed E-state index contributed by atoms with van der Waals surface area (Å²) < 4.78 is 2.26. The Kier molecular flexibility index (Phi) is 5.23. The Hall–Kier alpha value is -2.41. The number of piperidine rings is 1. The van der Waals surface area contributed by atoms with Crippen LogP contribution in [-0.4, -0.2) is 51.5 Å². The number of hydrogen-bond donors (Lipinski definition) is 0. The number of anilines is 1. The average molecular weight is 424 g/mol. The minimum absolute atomic E-state index is 0.161. The van der Waals surface area contributed by atoms with Crippen molar-refractivity contribution >= 4 is 34.1 Å². The molecule has 5 rings (SSSR count). The summed E-state index contributed by atoms with van der Waals surface area (Å²) in [5.41, 5.74) is 4.19. The van der Waals surface area contributed by atoms with Crippen LogP contribution in [0.25, 0.3) is 11.0 Å². The van der Waals surface area contributed by atoms with Crippen molar-refractivity contribution < 1.29 is 4.79 Å². The third kappa shape index (κ3) is 3.49. The predicted molar refractivity (Wildman–Crippen MR) is 122 cm³/mol. The van der Waals surface area contributed by atoms with Crippen LogP contribution >= 0.6 is 11.3 Å². The molecule has 0 spiro atoms. The van der Waals surface area contributed by atoms with Gasteiger partial charge in [0, 0.05) is 49.2 Å². The maximum Gasteiger partial charge on any atom is 0.254 e. The van der Waals surface area contributed by atoms with Crippen LogP contribution in [0.15, 0.2) is 29.2 Å². The van der Waals surface area contributed by atoms with E-state index in [1.807, 2.05) is 28.1 Å². The van der Waals surface area contributed by atoms with E-state index in [2.05, 4.69) is 29.4 Å². The molecule has 0 saturated carbocycles. The largest absolute Gasteiger partial charge is 0.355 e. The van der Waals surface area contributed by atoms with Crippen molar-refractivity contribution in [1.82, 2.24) is 19.4 Å². The normalized spacial score (nSPS) is 18.1. The third-order valence-electron chi connectivity index (χ3n) is 6.49. The van der Waals surface area contributed by atoms with Gasteiger partial charge in [0.2, 0.25) is 0 Å². The summed E-state index contributed by atoms with van der Waals surface area (Å²) in [6, 6.07) is 4.54. The first-order valence-electron chi connectivity index (χ1n) is 11.1. The molecule has 0 radical (unpaired) electrons. The second-order valence-corrected chi connectivity index (χ2v) is 9.54. The number of fused-ring (bicyclic) bond motifs is 1. The molecule has 7 heteroatoms. The summed E-state index contributed by atoms with van der Waals surface area (Å²) in [5.74, 6) is 1.60. The van der Waals surface area contributed by atoms with Crippen LogP contribution in [0.1, 0.15) is 67.5 Å². The van der Waals surface area contributed by atoms with Gasteiger partial charge in [0.05, 0.1) is 17.4 Å². The maximum absolute atomic E-state index is 12.7. The van der Waals surface area contributed by atoms with Crippen LogP contribution in [0.5, 0.6) is 0 Å². The quantitative estimate of drug-likeness (QED) is 0.611. The molecule has 30 heavy (non-hydrogen) atoms. The number of aromatic nitrogens is 3. The molecule has 3 aromatic heterocycles. The summed E-state index contributed by atoms with van der Waals surface area (Å²) in [6.45, 7) is 8.11. The minimum atomic E-state index is 0.161. The van der Waals surface area contributed by atoms with Gasteiger partial charge in [0.25, 0.3) is 5.91 Å². The van der Waals surface area contributed by atoms with Gasteiger partial charge in [-0.3, -0.25) is 4.79 Å². The van der Waals surface area contributed by atoms with Crippen LogP contribution < -0.4 is 4.90 Å². The fourth-order valence-corrected chi connectivity index (χ4v) is 5.38. The number of imidazole rings is 1. The molecule has 1 amide bonds. The molecule has 0 atom stereocenters. The molecule has 0 aromatic carbocycles. The van der Waals surface area contributed by atoms with E-state index in [0.29, 0.717) is 12.0 Å². The molecule has 0 bridgehead atoms. The Balaban J connectivity index is 1.43. The standard InChI is InChI=1S/C23H29N5OS/c1-16(2)28-15-24-21-20(28)13-19(25-22(21)26-8-3-4-9-26)17-5-10-27(11-6-17)23(29)18-7-12-30-14-18/h7,12-17H,3-6,8-11H2,1-2H3. The second-order valence-electron chi connectivity index (χ2n) is 8.76. The molecule has 6 nitrogen and oxygen atoms in total. The first-order valence-corrected chi connectivity index (χ1v) is 12.0. The highest BCUT2D eigenvalue weighted by molar-refractivity contribution is 7.08. The highest BCUT2D eigenvalue weighted by atomic mass is 32.1. The molecule has 158 valence electrons. The van der Waals surface area contributed by atoms with Crippen molar-refractivity contribution in [2.24, 2.45) is 0 Å². The Bertz CT molecular complexity index is 1030. The number of pyridine rings is 1. The average Bonchev–Trinajstić information content (AvgIpc) is 3.54. The Morgan fingerprint density at radius 2 is 1.93 bits per heavy atom. The lowest BCUT2D eigenvalue weighted by atomic mass is 9.92. The lowest BCUT2D eigenvalue weighted by Gasteiger charge is -2.32. The molecule has 2 aliphatic heterocycles. The summed E-state index contributed by atoms with van der Waals surface area (Å²) in [6.07, 6.45) is 6.33. The van der Waals surface area contributed by atoms with Crippen molar-refractivity contribution in [3.8, 4) is 0 Å².